The van der Waals surface area contributed by atoms with Crippen LogP contribution in [0.1, 0.15) is 48.1 Å². The number of anilines is 1. The summed E-state index contributed by atoms with van der Waals surface area (Å²) < 4.78 is 25.8. The minimum absolute atomic E-state index is 0.0501. The van der Waals surface area contributed by atoms with Crippen LogP contribution < -0.4 is 9.62 Å². The Hall–Kier alpha value is -2.34. The van der Waals surface area contributed by atoms with Crippen molar-refractivity contribution in [2.75, 3.05) is 16.6 Å². The molecule has 2 aromatic carbocycles. The average Bonchev–Trinajstić information content (AvgIpc) is 2.66. The van der Waals surface area contributed by atoms with Crippen molar-refractivity contribution in [3.05, 3.63) is 65.7 Å². The van der Waals surface area contributed by atoms with Crippen molar-refractivity contribution < 1.29 is 13.2 Å². The number of sulfonamides is 1. The molecule has 1 saturated heterocycles. The van der Waals surface area contributed by atoms with E-state index in [2.05, 4.69) is 5.32 Å². The SMILES string of the molecule is CC[C@@H](NC(=O)c1ccc(N2CCCCS2(=O)=O)cc1)c1ccccc1. The van der Waals surface area contributed by atoms with E-state index in [0.717, 1.165) is 18.4 Å². The Balaban J connectivity index is 1.73. The van der Waals surface area contributed by atoms with E-state index in [0.29, 0.717) is 24.2 Å². The average molecular weight is 372 g/mol. The number of benzene rings is 2. The molecule has 2 aromatic rings. The van der Waals surface area contributed by atoms with Crippen LogP contribution in [-0.2, 0) is 10.0 Å². The van der Waals surface area contributed by atoms with E-state index in [1.165, 1.54) is 4.31 Å². The molecule has 138 valence electrons. The maximum absolute atomic E-state index is 12.6. The molecule has 0 saturated carbocycles. The van der Waals surface area contributed by atoms with Crippen LogP contribution in [0.3, 0.4) is 0 Å². The Kier molecular flexibility index (Phi) is 5.61. The minimum atomic E-state index is -3.24. The molecular formula is C20H24N2O3S. The minimum Gasteiger partial charge on any atom is -0.345 e. The molecule has 26 heavy (non-hydrogen) atoms. The van der Waals surface area contributed by atoms with E-state index in [1.807, 2.05) is 37.3 Å². The van der Waals surface area contributed by atoms with Crippen LogP contribution >= 0.6 is 0 Å². The summed E-state index contributed by atoms with van der Waals surface area (Å²) in [5, 5.41) is 3.04. The first-order valence-electron chi connectivity index (χ1n) is 8.97. The van der Waals surface area contributed by atoms with Gasteiger partial charge in [-0.25, -0.2) is 8.42 Å². The summed E-state index contributed by atoms with van der Waals surface area (Å²) in [6, 6.07) is 16.6. The molecule has 0 radical (unpaired) electrons. The van der Waals surface area contributed by atoms with Gasteiger partial charge in [-0.3, -0.25) is 9.10 Å². The normalized spacial score (nSPS) is 17.5. The third-order valence-corrected chi connectivity index (χ3v) is 6.55. The van der Waals surface area contributed by atoms with Crippen molar-refractivity contribution in [1.29, 1.82) is 0 Å². The first-order chi connectivity index (χ1) is 12.5. The molecule has 0 aliphatic carbocycles. The zero-order valence-corrected chi connectivity index (χ0v) is 15.7. The molecule has 1 heterocycles. The van der Waals surface area contributed by atoms with Gasteiger partial charge in [0, 0.05) is 12.1 Å². The van der Waals surface area contributed by atoms with E-state index in [4.69, 9.17) is 0 Å². The maximum atomic E-state index is 12.6. The summed E-state index contributed by atoms with van der Waals surface area (Å²) in [6.45, 7) is 2.53. The summed E-state index contributed by atoms with van der Waals surface area (Å²) in [6.07, 6.45) is 2.35. The van der Waals surface area contributed by atoms with Gasteiger partial charge in [0.15, 0.2) is 0 Å². The van der Waals surface area contributed by atoms with Crippen molar-refractivity contribution >= 4 is 21.6 Å². The summed E-state index contributed by atoms with van der Waals surface area (Å²) in [7, 11) is -3.24. The Bertz CT molecular complexity index is 848. The van der Waals surface area contributed by atoms with E-state index in [1.54, 1.807) is 24.3 Å². The molecule has 1 atom stereocenters. The van der Waals surface area contributed by atoms with Gasteiger partial charge in [0.1, 0.15) is 0 Å². The molecule has 1 aliphatic heterocycles. The van der Waals surface area contributed by atoms with Gasteiger partial charge in [-0.2, -0.15) is 0 Å². The zero-order valence-electron chi connectivity index (χ0n) is 14.9. The van der Waals surface area contributed by atoms with Gasteiger partial charge in [-0.15, -0.1) is 0 Å². The number of hydrogen-bond acceptors (Lipinski definition) is 3. The van der Waals surface area contributed by atoms with Crippen LogP contribution in [0.15, 0.2) is 54.6 Å². The highest BCUT2D eigenvalue weighted by atomic mass is 32.2. The molecule has 0 aromatic heterocycles. The largest absolute Gasteiger partial charge is 0.345 e. The second kappa shape index (κ2) is 7.91. The number of rotatable bonds is 5. The fourth-order valence-electron chi connectivity index (χ4n) is 3.21. The molecule has 1 amide bonds. The Morgan fingerprint density at radius 1 is 1.08 bits per heavy atom. The number of amides is 1. The van der Waals surface area contributed by atoms with Crippen LogP contribution in [0.4, 0.5) is 5.69 Å². The van der Waals surface area contributed by atoms with Gasteiger partial charge in [0.05, 0.1) is 17.5 Å². The molecule has 0 unspecified atom stereocenters. The van der Waals surface area contributed by atoms with Crippen molar-refractivity contribution in [1.82, 2.24) is 5.32 Å². The molecule has 1 N–H and O–H groups in total. The quantitative estimate of drug-likeness (QED) is 0.873. The van der Waals surface area contributed by atoms with Crippen molar-refractivity contribution in [2.45, 2.75) is 32.2 Å². The fourth-order valence-corrected chi connectivity index (χ4v) is 4.85. The van der Waals surface area contributed by atoms with E-state index in [-0.39, 0.29) is 17.7 Å². The highest BCUT2D eigenvalue weighted by Gasteiger charge is 2.26. The summed E-state index contributed by atoms with van der Waals surface area (Å²) >= 11 is 0. The second-order valence-electron chi connectivity index (χ2n) is 6.49. The van der Waals surface area contributed by atoms with E-state index < -0.39 is 10.0 Å². The summed E-state index contributed by atoms with van der Waals surface area (Å²) in [4.78, 5) is 12.6. The molecule has 3 rings (SSSR count). The maximum Gasteiger partial charge on any atom is 0.251 e. The molecule has 6 heteroatoms. The first kappa shape index (κ1) is 18.5. The third kappa shape index (κ3) is 4.07. The summed E-state index contributed by atoms with van der Waals surface area (Å²) in [5.74, 6) is 0.0265. The lowest BCUT2D eigenvalue weighted by Gasteiger charge is -2.28. The predicted octanol–water partition coefficient (Wildman–Crippen LogP) is 3.50. The Labute approximate surface area is 155 Å². The molecule has 0 bridgehead atoms. The highest BCUT2D eigenvalue weighted by Crippen LogP contribution is 2.24. The van der Waals surface area contributed by atoms with Crippen molar-refractivity contribution in [3.63, 3.8) is 0 Å². The lowest BCUT2D eigenvalue weighted by molar-refractivity contribution is 0.0935. The van der Waals surface area contributed by atoms with Gasteiger partial charge in [-0.1, -0.05) is 37.3 Å². The van der Waals surface area contributed by atoms with Gasteiger partial charge >= 0.3 is 0 Å². The topological polar surface area (TPSA) is 66.5 Å². The number of hydrogen-bond donors (Lipinski definition) is 1. The first-order valence-corrected chi connectivity index (χ1v) is 10.6. The van der Waals surface area contributed by atoms with Crippen LogP contribution in [0, 0.1) is 0 Å². The van der Waals surface area contributed by atoms with Crippen LogP contribution in [0.5, 0.6) is 0 Å². The van der Waals surface area contributed by atoms with Crippen molar-refractivity contribution in [2.24, 2.45) is 0 Å². The standard InChI is InChI=1S/C20H24N2O3S/c1-2-19(16-8-4-3-5-9-16)21-20(23)17-10-12-18(13-11-17)22-14-6-7-15-26(22,24)25/h3-5,8-13,19H,2,6-7,14-15H2,1H3,(H,21,23)/t19-/m1/s1. The number of carbonyl (C=O) groups is 1. The lowest BCUT2D eigenvalue weighted by atomic mass is 10.0. The molecule has 1 aliphatic rings. The zero-order chi connectivity index (χ0) is 18.6. The second-order valence-corrected chi connectivity index (χ2v) is 8.50. The third-order valence-electron chi connectivity index (χ3n) is 4.68. The van der Waals surface area contributed by atoms with Gasteiger partial charge in [0.25, 0.3) is 5.91 Å². The van der Waals surface area contributed by atoms with Crippen LogP contribution in [0.25, 0.3) is 0 Å². The highest BCUT2D eigenvalue weighted by molar-refractivity contribution is 7.92. The van der Waals surface area contributed by atoms with Crippen molar-refractivity contribution in [3.8, 4) is 0 Å². The van der Waals surface area contributed by atoms with E-state index in [9.17, 15) is 13.2 Å². The number of nitrogens with one attached hydrogen (secondary N) is 1. The van der Waals surface area contributed by atoms with Crippen LogP contribution in [0.2, 0.25) is 0 Å². The lowest BCUT2D eigenvalue weighted by Crippen LogP contribution is -2.37. The number of carbonyl (C=O) groups excluding carboxylic acids is 1. The van der Waals surface area contributed by atoms with Gasteiger partial charge < -0.3 is 5.32 Å². The smallest absolute Gasteiger partial charge is 0.251 e. The number of nitrogens with zero attached hydrogens (tertiary/aromatic N) is 1. The molecule has 1 fully saturated rings. The Morgan fingerprint density at radius 2 is 1.77 bits per heavy atom. The van der Waals surface area contributed by atoms with E-state index >= 15 is 0 Å². The van der Waals surface area contributed by atoms with Gasteiger partial charge in [-0.05, 0) is 49.1 Å². The Morgan fingerprint density at radius 3 is 2.38 bits per heavy atom. The molecule has 0 spiro atoms. The monoisotopic (exact) mass is 372 g/mol. The van der Waals surface area contributed by atoms with Crippen LogP contribution in [-0.4, -0.2) is 26.6 Å². The summed E-state index contributed by atoms with van der Waals surface area (Å²) in [5.41, 5.74) is 2.22. The van der Waals surface area contributed by atoms with Gasteiger partial charge in [0.2, 0.25) is 10.0 Å². The predicted molar refractivity (Wildman–Crippen MR) is 104 cm³/mol. The molecular weight excluding hydrogens is 348 g/mol. The molecule has 5 nitrogen and oxygen atoms in total. The fraction of sp³-hybridized carbons (Fsp3) is 0.350.